The van der Waals surface area contributed by atoms with Gasteiger partial charge in [0.2, 0.25) is 5.91 Å². The van der Waals surface area contributed by atoms with Crippen LogP contribution >= 0.6 is 0 Å². The van der Waals surface area contributed by atoms with Crippen LogP contribution < -0.4 is 15.5 Å². The Labute approximate surface area is 156 Å². The summed E-state index contributed by atoms with van der Waals surface area (Å²) in [7, 11) is 0. The minimum atomic E-state index is -0.276. The van der Waals surface area contributed by atoms with E-state index in [-0.39, 0.29) is 17.5 Å². The quantitative estimate of drug-likeness (QED) is 0.838. The average molecular weight is 357 g/mol. The van der Waals surface area contributed by atoms with Gasteiger partial charge in [0.15, 0.2) is 0 Å². The fourth-order valence-electron chi connectivity index (χ4n) is 3.97. The molecule has 0 bridgehead atoms. The van der Waals surface area contributed by atoms with E-state index in [0.717, 1.165) is 29.9 Å². The lowest BCUT2D eigenvalue weighted by Gasteiger charge is -2.34. The number of hydrogen-bond donors (Lipinski definition) is 2. The molecule has 0 saturated heterocycles. The van der Waals surface area contributed by atoms with Crippen molar-refractivity contribution in [3.63, 3.8) is 0 Å². The van der Waals surface area contributed by atoms with Crippen LogP contribution in [0.15, 0.2) is 18.2 Å². The molecule has 5 heteroatoms. The van der Waals surface area contributed by atoms with Gasteiger partial charge >= 0.3 is 6.03 Å². The lowest BCUT2D eigenvalue weighted by Crippen LogP contribution is -2.43. The summed E-state index contributed by atoms with van der Waals surface area (Å²) in [4.78, 5) is 26.6. The molecule has 0 aromatic heterocycles. The minimum Gasteiger partial charge on any atom is -0.333 e. The summed E-state index contributed by atoms with van der Waals surface area (Å²) in [5.74, 6) is 0.850. The molecule has 2 aliphatic rings. The fourth-order valence-corrected chi connectivity index (χ4v) is 3.97. The fraction of sp³-hybridized carbons (Fsp3) is 0.619. The Morgan fingerprint density at radius 3 is 2.58 bits per heavy atom. The van der Waals surface area contributed by atoms with Gasteiger partial charge in [0, 0.05) is 29.9 Å². The lowest BCUT2D eigenvalue weighted by molar-refractivity contribution is -0.119. The summed E-state index contributed by atoms with van der Waals surface area (Å²) in [5.41, 5.74) is 2.67. The molecule has 1 aromatic rings. The average Bonchev–Trinajstić information content (AvgIpc) is 2.56. The number of urea groups is 1. The molecule has 0 spiro atoms. The largest absolute Gasteiger partial charge is 0.333 e. The number of aryl methyl sites for hydroxylation is 1. The third-order valence-electron chi connectivity index (χ3n) is 5.19. The normalized spacial score (nSPS) is 18.4. The maximum Gasteiger partial charge on any atom is 0.319 e. The van der Waals surface area contributed by atoms with Crippen molar-refractivity contribution in [3.05, 3.63) is 23.8 Å². The van der Waals surface area contributed by atoms with Crippen LogP contribution in [0.25, 0.3) is 0 Å². The Balaban J connectivity index is 1.72. The highest BCUT2D eigenvalue weighted by Crippen LogP contribution is 2.33. The van der Waals surface area contributed by atoms with Crippen molar-refractivity contribution < 1.29 is 9.59 Å². The molecular formula is C21H31N3O2. The summed E-state index contributed by atoms with van der Waals surface area (Å²) < 4.78 is 0. The monoisotopic (exact) mass is 357 g/mol. The van der Waals surface area contributed by atoms with Crippen LogP contribution in [0.4, 0.5) is 16.2 Å². The van der Waals surface area contributed by atoms with Crippen molar-refractivity contribution in [2.45, 2.75) is 71.3 Å². The molecule has 3 rings (SSSR count). The molecule has 1 fully saturated rings. The van der Waals surface area contributed by atoms with E-state index in [1.54, 1.807) is 0 Å². The van der Waals surface area contributed by atoms with E-state index in [1.807, 2.05) is 43.9 Å². The van der Waals surface area contributed by atoms with Crippen molar-refractivity contribution in [1.82, 2.24) is 5.32 Å². The number of fused-ring (bicyclic) bond motifs is 1. The SMILES string of the molecule is CC(C)(C)NC(=O)Nc1ccc2c(c1)CCC(=O)N2CC1CCCCC1. The first kappa shape index (κ1) is 18.7. The predicted molar refractivity (Wildman–Crippen MR) is 106 cm³/mol. The topological polar surface area (TPSA) is 61.4 Å². The molecule has 0 unspecified atom stereocenters. The number of carbonyl (C=O) groups excluding carboxylic acids is 2. The van der Waals surface area contributed by atoms with E-state index in [1.165, 1.54) is 32.1 Å². The Bertz CT molecular complexity index is 672. The number of anilines is 2. The Hall–Kier alpha value is -2.04. The summed E-state index contributed by atoms with van der Waals surface area (Å²) in [6.07, 6.45) is 7.64. The first-order valence-electron chi connectivity index (χ1n) is 9.84. The van der Waals surface area contributed by atoms with E-state index in [4.69, 9.17) is 0 Å². The molecule has 1 aliphatic carbocycles. The van der Waals surface area contributed by atoms with Gasteiger partial charge in [0.25, 0.3) is 0 Å². The standard InChI is InChI=1S/C21H31N3O2/c1-21(2,3)23-20(26)22-17-10-11-18-16(13-17)9-12-19(25)24(18)14-15-7-5-4-6-8-15/h10-11,13,15H,4-9,12,14H2,1-3H3,(H2,22,23,26). The number of carbonyl (C=O) groups is 2. The van der Waals surface area contributed by atoms with Crippen LogP contribution in [-0.4, -0.2) is 24.0 Å². The van der Waals surface area contributed by atoms with Gasteiger partial charge in [-0.05, 0) is 69.7 Å². The van der Waals surface area contributed by atoms with Gasteiger partial charge in [-0.15, -0.1) is 0 Å². The smallest absolute Gasteiger partial charge is 0.319 e. The lowest BCUT2D eigenvalue weighted by atomic mass is 9.88. The highest BCUT2D eigenvalue weighted by Gasteiger charge is 2.27. The van der Waals surface area contributed by atoms with E-state index >= 15 is 0 Å². The molecule has 1 aromatic carbocycles. The molecule has 3 amide bonds. The highest BCUT2D eigenvalue weighted by atomic mass is 16.2. The third kappa shape index (κ3) is 4.77. The Kier molecular flexibility index (Phi) is 5.54. The van der Waals surface area contributed by atoms with Gasteiger partial charge in [-0.1, -0.05) is 19.3 Å². The van der Waals surface area contributed by atoms with Gasteiger partial charge in [0.05, 0.1) is 0 Å². The summed E-state index contributed by atoms with van der Waals surface area (Å²) in [6.45, 7) is 6.69. The van der Waals surface area contributed by atoms with Crippen molar-refractivity contribution in [2.75, 3.05) is 16.8 Å². The second kappa shape index (κ2) is 7.68. The molecule has 5 nitrogen and oxygen atoms in total. The van der Waals surface area contributed by atoms with Crippen LogP contribution in [0.5, 0.6) is 0 Å². The van der Waals surface area contributed by atoms with E-state index in [0.29, 0.717) is 12.3 Å². The van der Waals surface area contributed by atoms with Gasteiger partial charge in [0.1, 0.15) is 0 Å². The molecule has 1 saturated carbocycles. The first-order chi connectivity index (χ1) is 12.3. The molecule has 0 radical (unpaired) electrons. The molecule has 26 heavy (non-hydrogen) atoms. The maximum atomic E-state index is 12.5. The number of rotatable bonds is 3. The molecular weight excluding hydrogens is 326 g/mol. The Morgan fingerprint density at radius 1 is 1.15 bits per heavy atom. The molecule has 1 aliphatic heterocycles. The summed E-state index contributed by atoms with van der Waals surface area (Å²) in [6, 6.07) is 5.69. The van der Waals surface area contributed by atoms with Crippen LogP contribution in [-0.2, 0) is 11.2 Å². The van der Waals surface area contributed by atoms with Gasteiger partial charge in [-0.25, -0.2) is 4.79 Å². The number of nitrogens with one attached hydrogen (secondary N) is 2. The summed E-state index contributed by atoms with van der Waals surface area (Å²) >= 11 is 0. The van der Waals surface area contributed by atoms with E-state index in [9.17, 15) is 9.59 Å². The summed E-state index contributed by atoms with van der Waals surface area (Å²) in [5, 5.41) is 5.81. The number of hydrogen-bond acceptors (Lipinski definition) is 2. The first-order valence-corrected chi connectivity index (χ1v) is 9.84. The van der Waals surface area contributed by atoms with Crippen molar-refractivity contribution in [3.8, 4) is 0 Å². The maximum absolute atomic E-state index is 12.5. The predicted octanol–water partition coefficient (Wildman–Crippen LogP) is 4.47. The van der Waals surface area contributed by atoms with Gasteiger partial charge < -0.3 is 15.5 Å². The molecule has 1 heterocycles. The number of amides is 3. The Morgan fingerprint density at radius 2 is 1.88 bits per heavy atom. The van der Waals surface area contributed by atoms with E-state index < -0.39 is 0 Å². The minimum absolute atomic E-state index is 0.205. The van der Waals surface area contributed by atoms with Crippen LogP contribution in [0.2, 0.25) is 0 Å². The zero-order valence-corrected chi connectivity index (χ0v) is 16.2. The number of benzene rings is 1. The zero-order valence-electron chi connectivity index (χ0n) is 16.2. The molecule has 142 valence electrons. The van der Waals surface area contributed by atoms with Gasteiger partial charge in [-0.2, -0.15) is 0 Å². The van der Waals surface area contributed by atoms with Crippen LogP contribution in [0.1, 0.15) is 64.9 Å². The van der Waals surface area contributed by atoms with Crippen molar-refractivity contribution in [2.24, 2.45) is 5.92 Å². The second-order valence-corrected chi connectivity index (χ2v) is 8.68. The van der Waals surface area contributed by atoms with Gasteiger partial charge in [-0.3, -0.25) is 4.79 Å². The second-order valence-electron chi connectivity index (χ2n) is 8.68. The van der Waals surface area contributed by atoms with Crippen molar-refractivity contribution >= 4 is 23.3 Å². The molecule has 2 N–H and O–H groups in total. The highest BCUT2D eigenvalue weighted by molar-refractivity contribution is 5.97. The third-order valence-corrected chi connectivity index (χ3v) is 5.19. The van der Waals surface area contributed by atoms with Crippen LogP contribution in [0, 0.1) is 5.92 Å². The van der Waals surface area contributed by atoms with E-state index in [2.05, 4.69) is 10.6 Å². The van der Waals surface area contributed by atoms with Crippen molar-refractivity contribution in [1.29, 1.82) is 0 Å². The zero-order chi connectivity index (χ0) is 18.7. The molecule has 0 atom stereocenters. The van der Waals surface area contributed by atoms with Crippen LogP contribution in [0.3, 0.4) is 0 Å². The number of nitrogens with zero attached hydrogens (tertiary/aromatic N) is 1.